The van der Waals surface area contributed by atoms with Crippen molar-refractivity contribution in [2.45, 2.75) is 46.6 Å². The van der Waals surface area contributed by atoms with Crippen molar-refractivity contribution in [1.82, 2.24) is 0 Å². The van der Waals surface area contributed by atoms with E-state index in [9.17, 15) is 19.2 Å². The fourth-order valence-corrected chi connectivity index (χ4v) is 3.44. The molecule has 1 aliphatic rings. The van der Waals surface area contributed by atoms with Gasteiger partial charge in [-0.2, -0.15) is 0 Å². The Labute approximate surface area is 184 Å². The van der Waals surface area contributed by atoms with Gasteiger partial charge in [0.1, 0.15) is 34.9 Å². The minimum atomic E-state index is -0.662. The van der Waals surface area contributed by atoms with Crippen LogP contribution in [0.15, 0.2) is 30.3 Å². The van der Waals surface area contributed by atoms with E-state index in [0.717, 1.165) is 0 Å². The summed E-state index contributed by atoms with van der Waals surface area (Å²) in [6.07, 6.45) is 0.169. The highest BCUT2D eigenvalue weighted by Gasteiger charge is 2.31. The fourth-order valence-electron chi connectivity index (χ4n) is 3.44. The lowest BCUT2D eigenvalue weighted by molar-refractivity contribution is -0.133. The van der Waals surface area contributed by atoms with E-state index in [-0.39, 0.29) is 23.0 Å². The van der Waals surface area contributed by atoms with Crippen LogP contribution in [0.5, 0.6) is 28.7 Å². The van der Waals surface area contributed by atoms with Crippen LogP contribution in [0, 0.1) is 0 Å². The molecule has 32 heavy (non-hydrogen) atoms. The molecular formula is C23H22O9. The van der Waals surface area contributed by atoms with Gasteiger partial charge in [0.15, 0.2) is 0 Å². The molecule has 2 aromatic carbocycles. The van der Waals surface area contributed by atoms with Gasteiger partial charge in [-0.25, -0.2) is 0 Å². The van der Waals surface area contributed by atoms with E-state index in [1.165, 1.54) is 39.8 Å². The lowest BCUT2D eigenvalue weighted by Crippen LogP contribution is -2.20. The Bertz CT molecular complexity index is 1050. The van der Waals surface area contributed by atoms with Gasteiger partial charge in [-0.15, -0.1) is 0 Å². The van der Waals surface area contributed by atoms with Crippen LogP contribution < -0.4 is 23.7 Å². The summed E-state index contributed by atoms with van der Waals surface area (Å²) in [4.78, 5) is 46.2. The number of esters is 4. The monoisotopic (exact) mass is 442 g/mol. The molecule has 168 valence electrons. The van der Waals surface area contributed by atoms with Crippen molar-refractivity contribution in [2.24, 2.45) is 0 Å². The molecule has 0 aliphatic carbocycles. The highest BCUT2D eigenvalue weighted by molar-refractivity contribution is 5.74. The maximum Gasteiger partial charge on any atom is 0.308 e. The standard InChI is InChI=1S/C23H22O9/c1-12(24)28-16-10-21(31-15(4)27)17-8-9-20(32-22(17)11-16)23-18(29-13(2)25)6-5-7-19(23)30-14(3)26/h5-7,10-11,20H,8-9H2,1-4H3/t20-/m0/s1. The molecule has 0 aromatic heterocycles. The largest absolute Gasteiger partial charge is 0.485 e. The van der Waals surface area contributed by atoms with E-state index in [1.807, 2.05) is 0 Å². The second-order valence-electron chi connectivity index (χ2n) is 7.09. The summed E-state index contributed by atoms with van der Waals surface area (Å²) in [7, 11) is 0. The summed E-state index contributed by atoms with van der Waals surface area (Å²) in [5.74, 6) is -1.10. The summed E-state index contributed by atoms with van der Waals surface area (Å²) in [5, 5.41) is 0. The molecule has 0 N–H and O–H groups in total. The van der Waals surface area contributed by atoms with Gasteiger partial charge < -0.3 is 23.7 Å². The number of carbonyl (C=O) groups is 4. The Morgan fingerprint density at radius 3 is 1.84 bits per heavy atom. The third-order valence-electron chi connectivity index (χ3n) is 4.44. The molecular weight excluding hydrogens is 420 g/mol. The van der Waals surface area contributed by atoms with Crippen molar-refractivity contribution in [1.29, 1.82) is 0 Å². The molecule has 0 radical (unpaired) electrons. The van der Waals surface area contributed by atoms with Crippen molar-refractivity contribution >= 4 is 23.9 Å². The first kappa shape index (κ1) is 22.8. The maximum absolute atomic E-state index is 11.6. The lowest BCUT2D eigenvalue weighted by Gasteiger charge is -2.29. The van der Waals surface area contributed by atoms with Gasteiger partial charge in [0.25, 0.3) is 0 Å². The first-order chi connectivity index (χ1) is 15.1. The first-order valence-corrected chi connectivity index (χ1v) is 9.84. The summed E-state index contributed by atoms with van der Waals surface area (Å²) in [5.41, 5.74) is 1.00. The number of rotatable bonds is 5. The number of fused-ring (bicyclic) bond motifs is 1. The van der Waals surface area contributed by atoms with Crippen LogP contribution in [0.4, 0.5) is 0 Å². The molecule has 0 fully saturated rings. The molecule has 2 aromatic rings. The van der Waals surface area contributed by atoms with E-state index >= 15 is 0 Å². The zero-order valence-electron chi connectivity index (χ0n) is 18.1. The van der Waals surface area contributed by atoms with Crippen LogP contribution in [0.25, 0.3) is 0 Å². The van der Waals surface area contributed by atoms with E-state index < -0.39 is 30.0 Å². The Hall–Kier alpha value is -3.88. The van der Waals surface area contributed by atoms with E-state index in [2.05, 4.69) is 0 Å². The molecule has 0 saturated heterocycles. The maximum atomic E-state index is 11.6. The predicted molar refractivity (Wildman–Crippen MR) is 110 cm³/mol. The van der Waals surface area contributed by atoms with Crippen LogP contribution in [0.2, 0.25) is 0 Å². The fraction of sp³-hybridized carbons (Fsp3) is 0.304. The SMILES string of the molecule is CC(=O)Oc1cc(OC(C)=O)c2c(c1)O[C@H](c1c(OC(C)=O)cccc1OC(C)=O)CC2. The average molecular weight is 442 g/mol. The Balaban J connectivity index is 2.06. The van der Waals surface area contributed by atoms with Gasteiger partial charge in [0, 0.05) is 45.4 Å². The zero-order chi connectivity index (χ0) is 23.4. The Kier molecular flexibility index (Phi) is 6.77. The minimum Gasteiger partial charge on any atom is -0.485 e. The van der Waals surface area contributed by atoms with Crippen molar-refractivity contribution in [2.75, 3.05) is 0 Å². The molecule has 0 bridgehead atoms. The predicted octanol–water partition coefficient (Wildman–Crippen LogP) is 3.45. The smallest absolute Gasteiger partial charge is 0.308 e. The van der Waals surface area contributed by atoms with Gasteiger partial charge in [0.2, 0.25) is 0 Å². The first-order valence-electron chi connectivity index (χ1n) is 9.84. The molecule has 9 nitrogen and oxygen atoms in total. The van der Waals surface area contributed by atoms with Crippen LogP contribution in [0.1, 0.15) is 51.3 Å². The molecule has 0 amide bonds. The quantitative estimate of drug-likeness (QED) is 0.507. The Morgan fingerprint density at radius 2 is 1.31 bits per heavy atom. The van der Waals surface area contributed by atoms with Crippen LogP contribution >= 0.6 is 0 Å². The van der Waals surface area contributed by atoms with E-state index in [1.54, 1.807) is 18.2 Å². The molecule has 0 unspecified atom stereocenters. The van der Waals surface area contributed by atoms with Gasteiger partial charge in [0.05, 0.1) is 5.56 Å². The summed E-state index contributed by atoms with van der Waals surface area (Å²) in [6, 6.07) is 7.69. The summed E-state index contributed by atoms with van der Waals surface area (Å²) >= 11 is 0. The van der Waals surface area contributed by atoms with Gasteiger partial charge >= 0.3 is 23.9 Å². The molecule has 1 aliphatic heterocycles. The molecule has 1 heterocycles. The topological polar surface area (TPSA) is 114 Å². The molecule has 3 rings (SSSR count). The Morgan fingerprint density at radius 1 is 0.781 bits per heavy atom. The van der Waals surface area contributed by atoms with Crippen LogP contribution in [-0.2, 0) is 25.6 Å². The van der Waals surface area contributed by atoms with Gasteiger partial charge in [-0.1, -0.05) is 6.07 Å². The highest BCUT2D eigenvalue weighted by atomic mass is 16.6. The third kappa shape index (κ3) is 5.42. The van der Waals surface area contributed by atoms with Crippen molar-refractivity contribution in [3.63, 3.8) is 0 Å². The normalized spacial score (nSPS) is 14.4. The molecule has 9 heteroatoms. The zero-order valence-corrected chi connectivity index (χ0v) is 18.1. The van der Waals surface area contributed by atoms with Crippen molar-refractivity contribution in [3.05, 3.63) is 41.5 Å². The number of carbonyl (C=O) groups excluding carboxylic acids is 4. The van der Waals surface area contributed by atoms with Crippen molar-refractivity contribution in [3.8, 4) is 28.7 Å². The van der Waals surface area contributed by atoms with E-state index in [4.69, 9.17) is 23.7 Å². The number of benzene rings is 2. The summed E-state index contributed by atoms with van der Waals surface area (Å²) < 4.78 is 27.2. The van der Waals surface area contributed by atoms with Crippen molar-refractivity contribution < 1.29 is 42.9 Å². The third-order valence-corrected chi connectivity index (χ3v) is 4.44. The number of ether oxygens (including phenoxy) is 5. The van der Waals surface area contributed by atoms with Gasteiger partial charge in [-0.05, 0) is 25.0 Å². The number of hydrogen-bond donors (Lipinski definition) is 0. The molecule has 0 saturated carbocycles. The second kappa shape index (κ2) is 9.51. The second-order valence-corrected chi connectivity index (χ2v) is 7.09. The van der Waals surface area contributed by atoms with Crippen LogP contribution in [-0.4, -0.2) is 23.9 Å². The molecule has 1 atom stereocenters. The van der Waals surface area contributed by atoms with Gasteiger partial charge in [-0.3, -0.25) is 19.2 Å². The minimum absolute atomic E-state index is 0.140. The average Bonchev–Trinajstić information content (AvgIpc) is 2.66. The summed E-state index contributed by atoms with van der Waals surface area (Å²) in [6.45, 7) is 5.03. The lowest BCUT2D eigenvalue weighted by atomic mass is 9.95. The van der Waals surface area contributed by atoms with E-state index in [0.29, 0.717) is 29.7 Å². The highest BCUT2D eigenvalue weighted by Crippen LogP contribution is 2.46. The molecule has 0 spiro atoms. The van der Waals surface area contributed by atoms with Crippen LogP contribution in [0.3, 0.4) is 0 Å². The number of hydrogen-bond acceptors (Lipinski definition) is 9.